The van der Waals surface area contributed by atoms with Gasteiger partial charge in [0.05, 0.1) is 16.9 Å². The number of anilines is 1. The number of sulfonamides is 1. The van der Waals surface area contributed by atoms with Crippen molar-refractivity contribution in [1.29, 1.82) is 0 Å². The van der Waals surface area contributed by atoms with Gasteiger partial charge in [-0.25, -0.2) is 8.42 Å². The Bertz CT molecular complexity index is 904. The lowest BCUT2D eigenvalue weighted by atomic mass is 10.0. The summed E-state index contributed by atoms with van der Waals surface area (Å²) in [6.07, 6.45) is 3.92. The van der Waals surface area contributed by atoms with Gasteiger partial charge in [-0.1, -0.05) is 6.92 Å². The van der Waals surface area contributed by atoms with Crippen molar-refractivity contribution < 1.29 is 22.7 Å². The molecule has 3 heterocycles. The number of rotatable bonds is 6. The van der Waals surface area contributed by atoms with Gasteiger partial charge in [-0.2, -0.15) is 4.31 Å². The number of benzene rings is 1. The molecule has 0 radical (unpaired) electrons. The molecule has 0 unspecified atom stereocenters. The first-order valence-electron chi connectivity index (χ1n) is 11.1. The average molecular weight is 450 g/mol. The molecule has 3 aliphatic heterocycles. The fourth-order valence-electron chi connectivity index (χ4n) is 4.47. The maximum absolute atomic E-state index is 12.9. The van der Waals surface area contributed by atoms with Crippen LogP contribution in [0.25, 0.3) is 0 Å². The highest BCUT2D eigenvalue weighted by atomic mass is 32.2. The number of carbonyl (C=O) groups is 2. The van der Waals surface area contributed by atoms with Crippen LogP contribution in [0.5, 0.6) is 0 Å². The predicted octanol–water partition coefficient (Wildman–Crippen LogP) is 1.76. The van der Waals surface area contributed by atoms with E-state index in [1.54, 1.807) is 29.2 Å². The average Bonchev–Trinajstić information content (AvgIpc) is 3.42. The van der Waals surface area contributed by atoms with Gasteiger partial charge in [0.15, 0.2) is 0 Å². The Hall–Kier alpha value is -1.97. The standard InChI is InChI=1S/C22H31N3O5S/c1-16-8-10-24(11-9-16)31(28,29)20-6-4-18(5-7-20)25-15-17(13-21(25)26)22(27)23-14-19-3-2-12-30-19/h4-7,16-17,19H,2-3,8-15H2,1H3,(H,23,27)/t17-,19+/m1/s1. The molecule has 9 heteroatoms. The van der Waals surface area contributed by atoms with E-state index < -0.39 is 15.9 Å². The molecule has 3 saturated heterocycles. The topological polar surface area (TPSA) is 96.0 Å². The fourth-order valence-corrected chi connectivity index (χ4v) is 5.94. The van der Waals surface area contributed by atoms with Crippen molar-refractivity contribution in [2.75, 3.05) is 37.7 Å². The van der Waals surface area contributed by atoms with E-state index in [1.165, 1.54) is 4.31 Å². The lowest BCUT2D eigenvalue weighted by Gasteiger charge is -2.29. The van der Waals surface area contributed by atoms with Crippen LogP contribution in [-0.2, 0) is 24.3 Å². The summed E-state index contributed by atoms with van der Waals surface area (Å²) in [6, 6.07) is 6.43. The van der Waals surface area contributed by atoms with Crippen molar-refractivity contribution >= 4 is 27.5 Å². The molecule has 0 saturated carbocycles. The third kappa shape index (κ3) is 4.94. The molecule has 170 valence electrons. The van der Waals surface area contributed by atoms with Crippen molar-refractivity contribution in [3.8, 4) is 0 Å². The minimum atomic E-state index is -3.53. The highest BCUT2D eigenvalue weighted by molar-refractivity contribution is 7.89. The second-order valence-corrected chi connectivity index (χ2v) is 10.8. The van der Waals surface area contributed by atoms with Gasteiger partial charge in [0.25, 0.3) is 0 Å². The van der Waals surface area contributed by atoms with Crippen LogP contribution in [0, 0.1) is 11.8 Å². The Kier molecular flexibility index (Phi) is 6.64. The van der Waals surface area contributed by atoms with Crippen LogP contribution in [0.4, 0.5) is 5.69 Å². The number of piperidine rings is 1. The Morgan fingerprint density at radius 1 is 1.16 bits per heavy atom. The molecular weight excluding hydrogens is 418 g/mol. The van der Waals surface area contributed by atoms with Crippen LogP contribution in [0.15, 0.2) is 29.2 Å². The summed E-state index contributed by atoms with van der Waals surface area (Å²) in [5.41, 5.74) is 0.616. The zero-order valence-corrected chi connectivity index (χ0v) is 18.8. The van der Waals surface area contributed by atoms with Crippen LogP contribution in [0.1, 0.15) is 39.0 Å². The van der Waals surface area contributed by atoms with Crippen LogP contribution < -0.4 is 10.2 Å². The first-order valence-corrected chi connectivity index (χ1v) is 12.6. The van der Waals surface area contributed by atoms with Gasteiger partial charge in [0, 0.05) is 44.9 Å². The summed E-state index contributed by atoms with van der Waals surface area (Å²) < 4.78 is 32.9. The summed E-state index contributed by atoms with van der Waals surface area (Å²) in [5.74, 6) is -0.124. The van der Waals surface area contributed by atoms with Crippen molar-refractivity contribution in [3.63, 3.8) is 0 Å². The summed E-state index contributed by atoms with van der Waals surface area (Å²) in [7, 11) is -3.53. The lowest BCUT2D eigenvalue weighted by Crippen LogP contribution is -2.38. The molecule has 1 aromatic rings. The molecule has 2 atom stereocenters. The zero-order chi connectivity index (χ0) is 22.0. The molecule has 0 spiro atoms. The normalized spacial score (nSPS) is 25.8. The number of ether oxygens (including phenoxy) is 1. The van der Waals surface area contributed by atoms with Gasteiger partial charge in [0.2, 0.25) is 21.8 Å². The van der Waals surface area contributed by atoms with Gasteiger partial charge >= 0.3 is 0 Å². The van der Waals surface area contributed by atoms with Gasteiger partial charge < -0.3 is 15.0 Å². The van der Waals surface area contributed by atoms with Crippen LogP contribution in [0.2, 0.25) is 0 Å². The summed E-state index contributed by atoms with van der Waals surface area (Å²) in [5, 5.41) is 2.90. The van der Waals surface area contributed by atoms with Gasteiger partial charge in [0.1, 0.15) is 0 Å². The number of hydrogen-bond acceptors (Lipinski definition) is 5. The molecule has 1 aromatic carbocycles. The van der Waals surface area contributed by atoms with E-state index in [0.717, 1.165) is 32.3 Å². The molecule has 0 aromatic heterocycles. The Morgan fingerprint density at radius 3 is 2.52 bits per heavy atom. The molecule has 1 N–H and O–H groups in total. The molecule has 3 fully saturated rings. The van der Waals surface area contributed by atoms with E-state index in [4.69, 9.17) is 4.74 Å². The molecule has 2 amide bonds. The summed E-state index contributed by atoms with van der Waals surface area (Å²) >= 11 is 0. The Morgan fingerprint density at radius 2 is 1.87 bits per heavy atom. The molecule has 31 heavy (non-hydrogen) atoms. The second-order valence-electron chi connectivity index (χ2n) is 8.87. The monoisotopic (exact) mass is 449 g/mol. The SMILES string of the molecule is CC1CCN(S(=O)(=O)c2ccc(N3C[C@H](C(=O)NC[C@@H]4CCCO4)CC3=O)cc2)CC1. The van der Waals surface area contributed by atoms with Crippen LogP contribution in [-0.4, -0.2) is 63.4 Å². The molecular formula is C22H31N3O5S. The van der Waals surface area contributed by atoms with Crippen LogP contribution >= 0.6 is 0 Å². The lowest BCUT2D eigenvalue weighted by molar-refractivity contribution is -0.126. The third-order valence-electron chi connectivity index (χ3n) is 6.55. The Labute approximate surface area is 184 Å². The van der Waals surface area contributed by atoms with Crippen molar-refractivity contribution in [2.24, 2.45) is 11.8 Å². The van der Waals surface area contributed by atoms with E-state index >= 15 is 0 Å². The van der Waals surface area contributed by atoms with Crippen LogP contribution in [0.3, 0.4) is 0 Å². The number of hydrogen-bond donors (Lipinski definition) is 1. The minimum absolute atomic E-state index is 0.0646. The van der Waals surface area contributed by atoms with E-state index in [0.29, 0.717) is 37.8 Å². The number of nitrogens with one attached hydrogen (secondary N) is 1. The van der Waals surface area contributed by atoms with Crippen molar-refractivity contribution in [3.05, 3.63) is 24.3 Å². The maximum atomic E-state index is 12.9. The van der Waals surface area contributed by atoms with Crippen molar-refractivity contribution in [2.45, 2.75) is 50.0 Å². The fraction of sp³-hybridized carbons (Fsp3) is 0.636. The second kappa shape index (κ2) is 9.26. The highest BCUT2D eigenvalue weighted by Crippen LogP contribution is 2.28. The molecule has 0 bridgehead atoms. The quantitative estimate of drug-likeness (QED) is 0.714. The first kappa shape index (κ1) is 22.2. The first-order chi connectivity index (χ1) is 14.8. The molecule has 4 rings (SSSR count). The van der Waals surface area contributed by atoms with E-state index in [9.17, 15) is 18.0 Å². The molecule has 0 aliphatic carbocycles. The molecule has 3 aliphatic rings. The van der Waals surface area contributed by atoms with Gasteiger partial charge in [-0.05, 0) is 55.9 Å². The van der Waals surface area contributed by atoms with E-state index in [2.05, 4.69) is 12.2 Å². The minimum Gasteiger partial charge on any atom is -0.376 e. The Balaban J connectivity index is 1.37. The highest BCUT2D eigenvalue weighted by Gasteiger charge is 2.36. The number of nitrogens with zero attached hydrogens (tertiary/aromatic N) is 2. The smallest absolute Gasteiger partial charge is 0.243 e. The zero-order valence-electron chi connectivity index (χ0n) is 18.0. The molecule has 8 nitrogen and oxygen atoms in total. The number of amides is 2. The van der Waals surface area contributed by atoms with Crippen molar-refractivity contribution in [1.82, 2.24) is 9.62 Å². The largest absolute Gasteiger partial charge is 0.376 e. The van der Waals surface area contributed by atoms with E-state index in [1.807, 2.05) is 0 Å². The van der Waals surface area contributed by atoms with Gasteiger partial charge in [-0.15, -0.1) is 0 Å². The summed E-state index contributed by atoms with van der Waals surface area (Å²) in [4.78, 5) is 26.8. The van der Waals surface area contributed by atoms with Gasteiger partial charge in [-0.3, -0.25) is 9.59 Å². The summed E-state index contributed by atoms with van der Waals surface area (Å²) in [6.45, 7) is 4.73. The predicted molar refractivity (Wildman–Crippen MR) is 116 cm³/mol. The number of carbonyl (C=O) groups excluding carboxylic acids is 2. The maximum Gasteiger partial charge on any atom is 0.243 e. The third-order valence-corrected chi connectivity index (χ3v) is 8.47. The van der Waals surface area contributed by atoms with E-state index in [-0.39, 0.29) is 29.2 Å².